The lowest BCUT2D eigenvalue weighted by molar-refractivity contribution is 0.626. The van der Waals surface area contributed by atoms with Gasteiger partial charge in [0.1, 0.15) is 11.6 Å². The third kappa shape index (κ3) is 3.60. The Balaban J connectivity index is 1.74. The summed E-state index contributed by atoms with van der Waals surface area (Å²) in [5.41, 5.74) is 3.18. The topological polar surface area (TPSA) is 63.6 Å². The standard InChI is InChI=1S/C18H16FN5/c1-3-16-8-14(9-22-24-16)17-10-21-18(11-20-17)23-12(2)13-4-6-15(19)7-5-13/h3-12H,1H2,2H3,(H,21,23). The van der Waals surface area contributed by atoms with Gasteiger partial charge in [-0.1, -0.05) is 18.7 Å². The zero-order valence-corrected chi connectivity index (χ0v) is 13.1. The number of anilines is 1. The van der Waals surface area contributed by atoms with Crippen LogP contribution in [0.15, 0.2) is 55.5 Å². The summed E-state index contributed by atoms with van der Waals surface area (Å²) < 4.78 is 13.0. The van der Waals surface area contributed by atoms with Gasteiger partial charge in [-0.3, -0.25) is 4.98 Å². The largest absolute Gasteiger partial charge is 0.362 e. The third-order valence-corrected chi connectivity index (χ3v) is 3.56. The minimum Gasteiger partial charge on any atom is -0.362 e. The van der Waals surface area contributed by atoms with Crippen LogP contribution in [-0.2, 0) is 0 Å². The number of benzene rings is 1. The van der Waals surface area contributed by atoms with Gasteiger partial charge in [-0.05, 0) is 36.8 Å². The van der Waals surface area contributed by atoms with Crippen molar-refractivity contribution < 1.29 is 4.39 Å². The molecule has 0 fully saturated rings. The van der Waals surface area contributed by atoms with Crippen LogP contribution in [0.2, 0.25) is 0 Å². The van der Waals surface area contributed by atoms with E-state index in [0.29, 0.717) is 17.2 Å². The van der Waals surface area contributed by atoms with Gasteiger partial charge in [-0.25, -0.2) is 9.37 Å². The fourth-order valence-corrected chi connectivity index (χ4v) is 2.23. The van der Waals surface area contributed by atoms with Crippen molar-refractivity contribution in [3.05, 3.63) is 72.6 Å². The molecule has 0 saturated carbocycles. The zero-order valence-electron chi connectivity index (χ0n) is 13.1. The van der Waals surface area contributed by atoms with Crippen molar-refractivity contribution in [1.29, 1.82) is 0 Å². The molecular weight excluding hydrogens is 305 g/mol. The van der Waals surface area contributed by atoms with E-state index in [-0.39, 0.29) is 11.9 Å². The summed E-state index contributed by atoms with van der Waals surface area (Å²) in [7, 11) is 0. The van der Waals surface area contributed by atoms with Crippen LogP contribution in [0.3, 0.4) is 0 Å². The van der Waals surface area contributed by atoms with Gasteiger partial charge in [-0.2, -0.15) is 10.2 Å². The lowest BCUT2D eigenvalue weighted by Gasteiger charge is -2.14. The molecule has 0 amide bonds. The summed E-state index contributed by atoms with van der Waals surface area (Å²) in [6.45, 7) is 5.65. The van der Waals surface area contributed by atoms with Crippen molar-refractivity contribution in [3.63, 3.8) is 0 Å². The van der Waals surface area contributed by atoms with Crippen molar-refractivity contribution >= 4 is 11.9 Å². The predicted octanol–water partition coefficient (Wildman–Crippen LogP) is 3.89. The maximum Gasteiger partial charge on any atom is 0.144 e. The van der Waals surface area contributed by atoms with E-state index in [1.54, 1.807) is 36.8 Å². The Labute approximate surface area is 139 Å². The van der Waals surface area contributed by atoms with Gasteiger partial charge in [0.15, 0.2) is 0 Å². The highest BCUT2D eigenvalue weighted by molar-refractivity contribution is 5.60. The Morgan fingerprint density at radius 3 is 2.58 bits per heavy atom. The van der Waals surface area contributed by atoms with Gasteiger partial charge in [-0.15, -0.1) is 0 Å². The number of hydrogen-bond acceptors (Lipinski definition) is 5. The van der Waals surface area contributed by atoms with E-state index in [1.807, 2.05) is 13.0 Å². The minimum atomic E-state index is -0.250. The molecule has 3 aromatic rings. The summed E-state index contributed by atoms with van der Waals surface area (Å²) in [6, 6.07) is 8.20. The Morgan fingerprint density at radius 1 is 1.12 bits per heavy atom. The van der Waals surface area contributed by atoms with Crippen LogP contribution in [-0.4, -0.2) is 20.2 Å². The van der Waals surface area contributed by atoms with Crippen LogP contribution in [0.5, 0.6) is 0 Å². The van der Waals surface area contributed by atoms with E-state index in [1.165, 1.54) is 12.1 Å². The van der Waals surface area contributed by atoms with E-state index >= 15 is 0 Å². The van der Waals surface area contributed by atoms with Crippen molar-refractivity contribution in [2.75, 3.05) is 5.32 Å². The van der Waals surface area contributed by atoms with Gasteiger partial charge in [0.25, 0.3) is 0 Å². The summed E-state index contributed by atoms with van der Waals surface area (Å²) >= 11 is 0. The van der Waals surface area contributed by atoms with Crippen LogP contribution in [0.4, 0.5) is 10.2 Å². The molecule has 1 unspecified atom stereocenters. The lowest BCUT2D eigenvalue weighted by atomic mass is 10.1. The molecule has 0 bridgehead atoms. The van der Waals surface area contributed by atoms with Gasteiger partial charge in [0.05, 0.1) is 30.0 Å². The zero-order chi connectivity index (χ0) is 16.9. The summed E-state index contributed by atoms with van der Waals surface area (Å²) in [4.78, 5) is 8.77. The maximum absolute atomic E-state index is 13.0. The Bertz CT molecular complexity index is 831. The average molecular weight is 321 g/mol. The number of rotatable bonds is 5. The van der Waals surface area contributed by atoms with Crippen molar-refractivity contribution in [2.24, 2.45) is 0 Å². The predicted molar refractivity (Wildman–Crippen MR) is 91.6 cm³/mol. The van der Waals surface area contributed by atoms with E-state index in [2.05, 4.69) is 32.1 Å². The lowest BCUT2D eigenvalue weighted by Crippen LogP contribution is -2.08. The highest BCUT2D eigenvalue weighted by atomic mass is 19.1. The molecule has 0 radical (unpaired) electrons. The number of halogens is 1. The van der Waals surface area contributed by atoms with Crippen molar-refractivity contribution in [1.82, 2.24) is 20.2 Å². The van der Waals surface area contributed by atoms with E-state index < -0.39 is 0 Å². The molecule has 0 aliphatic rings. The first-order valence-corrected chi connectivity index (χ1v) is 7.45. The van der Waals surface area contributed by atoms with Gasteiger partial charge < -0.3 is 5.32 Å². The Morgan fingerprint density at radius 2 is 1.92 bits per heavy atom. The highest BCUT2D eigenvalue weighted by Gasteiger charge is 2.08. The monoisotopic (exact) mass is 321 g/mol. The second kappa shape index (κ2) is 6.95. The Hall–Kier alpha value is -3.15. The van der Waals surface area contributed by atoms with E-state index in [9.17, 15) is 4.39 Å². The van der Waals surface area contributed by atoms with Gasteiger partial charge in [0, 0.05) is 11.6 Å². The molecule has 24 heavy (non-hydrogen) atoms. The fraction of sp³-hybridized carbons (Fsp3) is 0.111. The second-order valence-corrected chi connectivity index (χ2v) is 5.28. The first-order chi connectivity index (χ1) is 11.7. The molecule has 0 aliphatic carbocycles. The summed E-state index contributed by atoms with van der Waals surface area (Å²) in [5, 5.41) is 11.1. The smallest absolute Gasteiger partial charge is 0.144 e. The number of aromatic nitrogens is 4. The Kier molecular flexibility index (Phi) is 4.56. The quantitative estimate of drug-likeness (QED) is 0.772. The average Bonchev–Trinajstić information content (AvgIpc) is 2.63. The van der Waals surface area contributed by atoms with Crippen LogP contribution < -0.4 is 5.32 Å². The van der Waals surface area contributed by atoms with Gasteiger partial charge >= 0.3 is 0 Å². The molecule has 0 spiro atoms. The summed E-state index contributed by atoms with van der Waals surface area (Å²) in [5.74, 6) is 0.390. The SMILES string of the molecule is C=Cc1cc(-c2cnc(NC(C)c3ccc(F)cc3)cn2)cnn1. The minimum absolute atomic E-state index is 0.0132. The first-order valence-electron chi connectivity index (χ1n) is 7.45. The van der Waals surface area contributed by atoms with Crippen LogP contribution in [0.1, 0.15) is 24.2 Å². The van der Waals surface area contributed by atoms with Gasteiger partial charge in [0.2, 0.25) is 0 Å². The first kappa shape index (κ1) is 15.7. The molecular formula is C18H16FN5. The summed E-state index contributed by atoms with van der Waals surface area (Å²) in [6.07, 6.45) is 6.59. The highest BCUT2D eigenvalue weighted by Crippen LogP contribution is 2.20. The normalized spacial score (nSPS) is 11.8. The number of nitrogens with one attached hydrogen (secondary N) is 1. The molecule has 1 aromatic carbocycles. The molecule has 2 heterocycles. The molecule has 1 N–H and O–H groups in total. The number of nitrogens with zero attached hydrogens (tertiary/aromatic N) is 4. The number of hydrogen-bond donors (Lipinski definition) is 1. The fourth-order valence-electron chi connectivity index (χ4n) is 2.23. The molecule has 0 saturated heterocycles. The van der Waals surface area contributed by atoms with E-state index in [0.717, 1.165) is 11.1 Å². The molecule has 120 valence electrons. The maximum atomic E-state index is 13.0. The molecule has 5 nitrogen and oxygen atoms in total. The molecule has 0 aliphatic heterocycles. The van der Waals surface area contributed by atoms with Crippen LogP contribution >= 0.6 is 0 Å². The van der Waals surface area contributed by atoms with E-state index in [4.69, 9.17) is 0 Å². The molecule has 1 atom stereocenters. The van der Waals surface area contributed by atoms with Crippen molar-refractivity contribution in [2.45, 2.75) is 13.0 Å². The second-order valence-electron chi connectivity index (χ2n) is 5.28. The van der Waals surface area contributed by atoms with Crippen molar-refractivity contribution in [3.8, 4) is 11.3 Å². The van der Waals surface area contributed by atoms with Crippen LogP contribution in [0.25, 0.3) is 17.3 Å². The molecule has 3 rings (SSSR count). The molecule has 6 heteroatoms. The van der Waals surface area contributed by atoms with Crippen LogP contribution in [0, 0.1) is 5.82 Å². The molecule has 2 aromatic heterocycles. The third-order valence-electron chi connectivity index (χ3n) is 3.56.